The topological polar surface area (TPSA) is 88.8 Å². The molecule has 26 heavy (non-hydrogen) atoms. The van der Waals surface area contributed by atoms with Crippen molar-refractivity contribution in [3.63, 3.8) is 0 Å². The van der Waals surface area contributed by atoms with Gasteiger partial charge < -0.3 is 15.0 Å². The first-order chi connectivity index (χ1) is 12.6. The predicted molar refractivity (Wildman–Crippen MR) is 93.6 cm³/mol. The van der Waals surface area contributed by atoms with Crippen LogP contribution in [0.15, 0.2) is 24.8 Å². The molecule has 1 aliphatic heterocycles. The highest BCUT2D eigenvalue weighted by Gasteiger charge is 2.47. The van der Waals surface area contributed by atoms with Crippen molar-refractivity contribution in [2.45, 2.75) is 31.2 Å². The first-order valence-electron chi connectivity index (χ1n) is 9.01. The zero-order valence-corrected chi connectivity index (χ0v) is 14.9. The van der Waals surface area contributed by atoms with Crippen LogP contribution in [-0.2, 0) is 9.53 Å². The standard InChI is InChI=1S/C18H23N5O3/c1-26-12-18(5-2-7-22(18)17(25)13-3-4-13)11-20-16(24)14-9-21-23-8-6-19-10-15(14)23/h6,8-10,13H,2-5,7,11-12H2,1H3,(H,20,24). The fourth-order valence-corrected chi connectivity index (χ4v) is 3.84. The van der Waals surface area contributed by atoms with E-state index in [4.69, 9.17) is 4.74 Å². The lowest BCUT2D eigenvalue weighted by molar-refractivity contribution is -0.138. The van der Waals surface area contributed by atoms with Gasteiger partial charge in [-0.15, -0.1) is 0 Å². The molecule has 1 saturated heterocycles. The lowest BCUT2D eigenvalue weighted by Gasteiger charge is -2.38. The molecule has 1 unspecified atom stereocenters. The summed E-state index contributed by atoms with van der Waals surface area (Å²) in [6.07, 6.45) is 10.2. The van der Waals surface area contributed by atoms with Crippen molar-refractivity contribution >= 4 is 17.3 Å². The first kappa shape index (κ1) is 17.0. The van der Waals surface area contributed by atoms with Crippen molar-refractivity contribution in [2.24, 2.45) is 5.92 Å². The molecule has 138 valence electrons. The Morgan fingerprint density at radius 2 is 2.23 bits per heavy atom. The van der Waals surface area contributed by atoms with Gasteiger partial charge in [0, 0.05) is 38.5 Å². The summed E-state index contributed by atoms with van der Waals surface area (Å²) in [5, 5.41) is 7.17. The van der Waals surface area contributed by atoms with Gasteiger partial charge in [0.1, 0.15) is 0 Å². The van der Waals surface area contributed by atoms with Gasteiger partial charge in [0.25, 0.3) is 5.91 Å². The van der Waals surface area contributed by atoms with Crippen LogP contribution < -0.4 is 5.32 Å². The van der Waals surface area contributed by atoms with Gasteiger partial charge in [0.15, 0.2) is 0 Å². The molecule has 2 aliphatic rings. The van der Waals surface area contributed by atoms with Crippen LogP contribution in [0, 0.1) is 5.92 Å². The SMILES string of the molecule is COCC1(CNC(=O)c2cnn3ccncc23)CCCN1C(=O)C1CC1. The molecule has 1 saturated carbocycles. The predicted octanol–water partition coefficient (Wildman–Crippen LogP) is 0.877. The van der Waals surface area contributed by atoms with E-state index in [2.05, 4.69) is 15.4 Å². The highest BCUT2D eigenvalue weighted by Crippen LogP contribution is 2.37. The van der Waals surface area contributed by atoms with Crippen molar-refractivity contribution in [1.29, 1.82) is 0 Å². The second kappa shape index (κ2) is 6.68. The molecule has 0 aromatic carbocycles. The summed E-state index contributed by atoms with van der Waals surface area (Å²) in [7, 11) is 1.64. The Balaban J connectivity index is 1.51. The van der Waals surface area contributed by atoms with Gasteiger partial charge in [-0.2, -0.15) is 5.10 Å². The van der Waals surface area contributed by atoms with E-state index in [9.17, 15) is 9.59 Å². The van der Waals surface area contributed by atoms with Crippen LogP contribution >= 0.6 is 0 Å². The van der Waals surface area contributed by atoms with E-state index in [1.807, 2.05) is 4.90 Å². The van der Waals surface area contributed by atoms with Gasteiger partial charge in [-0.05, 0) is 25.7 Å². The minimum atomic E-state index is -0.467. The number of carbonyl (C=O) groups excluding carboxylic acids is 2. The summed E-state index contributed by atoms with van der Waals surface area (Å²) >= 11 is 0. The number of likely N-dealkylation sites (tertiary alicyclic amines) is 1. The van der Waals surface area contributed by atoms with E-state index in [0.29, 0.717) is 24.2 Å². The molecule has 1 atom stereocenters. The van der Waals surface area contributed by atoms with Crippen molar-refractivity contribution in [3.8, 4) is 0 Å². The third-order valence-electron chi connectivity index (χ3n) is 5.35. The van der Waals surface area contributed by atoms with Crippen LogP contribution in [0.4, 0.5) is 0 Å². The summed E-state index contributed by atoms with van der Waals surface area (Å²) < 4.78 is 7.05. The number of fused-ring (bicyclic) bond motifs is 1. The lowest BCUT2D eigenvalue weighted by atomic mass is 9.96. The quantitative estimate of drug-likeness (QED) is 0.829. The maximum Gasteiger partial charge on any atom is 0.255 e. The number of methoxy groups -OCH3 is 1. The molecule has 3 heterocycles. The number of ether oxygens (including phenoxy) is 1. The van der Waals surface area contributed by atoms with Gasteiger partial charge in [-0.1, -0.05) is 0 Å². The van der Waals surface area contributed by atoms with Crippen LogP contribution in [0.25, 0.3) is 5.52 Å². The molecule has 1 aliphatic carbocycles. The Bertz CT molecular complexity index is 831. The molecule has 2 aromatic heterocycles. The van der Waals surface area contributed by atoms with Gasteiger partial charge in [0.2, 0.25) is 5.91 Å². The Morgan fingerprint density at radius 1 is 1.38 bits per heavy atom. The number of nitrogens with one attached hydrogen (secondary N) is 1. The largest absolute Gasteiger partial charge is 0.382 e. The molecule has 0 radical (unpaired) electrons. The zero-order valence-electron chi connectivity index (χ0n) is 14.9. The highest BCUT2D eigenvalue weighted by atomic mass is 16.5. The normalized spacial score (nSPS) is 22.7. The molecule has 2 amide bonds. The summed E-state index contributed by atoms with van der Waals surface area (Å²) in [5.74, 6) is 0.147. The summed E-state index contributed by atoms with van der Waals surface area (Å²) in [6.45, 7) is 1.52. The van der Waals surface area contributed by atoms with Crippen molar-refractivity contribution in [3.05, 3.63) is 30.4 Å². The van der Waals surface area contributed by atoms with Crippen molar-refractivity contribution in [2.75, 3.05) is 26.8 Å². The maximum absolute atomic E-state index is 12.7. The number of amides is 2. The molecule has 0 spiro atoms. The number of nitrogens with zero attached hydrogens (tertiary/aromatic N) is 4. The molecule has 2 fully saturated rings. The van der Waals surface area contributed by atoms with E-state index in [1.54, 1.807) is 30.2 Å². The number of hydrogen-bond acceptors (Lipinski definition) is 5. The fraction of sp³-hybridized carbons (Fsp3) is 0.556. The second-order valence-corrected chi connectivity index (χ2v) is 7.17. The number of rotatable bonds is 6. The number of carbonyl (C=O) groups is 2. The average Bonchev–Trinajstić information content (AvgIpc) is 3.29. The third kappa shape index (κ3) is 2.94. The molecule has 2 aromatic rings. The van der Waals surface area contributed by atoms with Crippen LogP contribution in [-0.4, -0.2) is 63.7 Å². The van der Waals surface area contributed by atoms with Crippen LogP contribution in [0.3, 0.4) is 0 Å². The summed E-state index contributed by atoms with van der Waals surface area (Å²) in [4.78, 5) is 31.4. The van der Waals surface area contributed by atoms with Crippen LogP contribution in [0.5, 0.6) is 0 Å². The van der Waals surface area contributed by atoms with Gasteiger partial charge in [-0.25, -0.2) is 4.52 Å². The van der Waals surface area contributed by atoms with Crippen LogP contribution in [0.2, 0.25) is 0 Å². The zero-order chi connectivity index (χ0) is 18.1. The summed E-state index contributed by atoms with van der Waals surface area (Å²) in [5.41, 5.74) is 0.664. The highest BCUT2D eigenvalue weighted by molar-refractivity contribution is 6.00. The molecule has 1 N–H and O–H groups in total. The van der Waals surface area contributed by atoms with Gasteiger partial charge in [-0.3, -0.25) is 14.6 Å². The minimum Gasteiger partial charge on any atom is -0.382 e. The first-order valence-corrected chi connectivity index (χ1v) is 9.01. The van der Waals surface area contributed by atoms with Crippen molar-refractivity contribution < 1.29 is 14.3 Å². The monoisotopic (exact) mass is 357 g/mol. The fourth-order valence-electron chi connectivity index (χ4n) is 3.84. The molecular weight excluding hydrogens is 334 g/mol. The minimum absolute atomic E-state index is 0.158. The lowest BCUT2D eigenvalue weighted by Crippen LogP contribution is -2.57. The number of aromatic nitrogens is 3. The van der Waals surface area contributed by atoms with E-state index >= 15 is 0 Å². The second-order valence-electron chi connectivity index (χ2n) is 7.17. The Kier molecular flexibility index (Phi) is 4.36. The molecule has 0 bridgehead atoms. The van der Waals surface area contributed by atoms with E-state index in [1.165, 1.54) is 6.20 Å². The molecule has 8 nitrogen and oxygen atoms in total. The average molecular weight is 357 g/mol. The van der Waals surface area contributed by atoms with Gasteiger partial charge >= 0.3 is 0 Å². The third-order valence-corrected chi connectivity index (χ3v) is 5.35. The van der Waals surface area contributed by atoms with Gasteiger partial charge in [0.05, 0.1) is 35.6 Å². The Hall–Kier alpha value is -2.48. The Morgan fingerprint density at radius 3 is 3.00 bits per heavy atom. The molecular formula is C18H23N5O3. The maximum atomic E-state index is 12.7. The summed E-state index contributed by atoms with van der Waals surface area (Å²) in [6, 6.07) is 0. The number of hydrogen-bond donors (Lipinski definition) is 1. The van der Waals surface area contributed by atoms with Crippen LogP contribution in [0.1, 0.15) is 36.0 Å². The van der Waals surface area contributed by atoms with E-state index in [0.717, 1.165) is 32.2 Å². The van der Waals surface area contributed by atoms with Crippen molar-refractivity contribution in [1.82, 2.24) is 24.8 Å². The molecule has 4 rings (SSSR count). The Labute approximate surface area is 151 Å². The smallest absolute Gasteiger partial charge is 0.255 e. The van der Waals surface area contributed by atoms with E-state index < -0.39 is 5.54 Å². The molecule has 8 heteroatoms. The van der Waals surface area contributed by atoms with E-state index in [-0.39, 0.29) is 17.7 Å².